The zero-order chi connectivity index (χ0) is 11.9. The van der Waals surface area contributed by atoms with Crippen molar-refractivity contribution in [1.29, 1.82) is 0 Å². The van der Waals surface area contributed by atoms with E-state index in [0.29, 0.717) is 5.56 Å². The standard InChI is InChI=1S/C9H5Cl2F3O2/c10-7(11)4-1-2-5-6(3-4)16-9(13,14)8(12)15-5/h1-3,7-8H/t8-/m0/s1. The fourth-order valence-corrected chi connectivity index (χ4v) is 1.48. The molecule has 0 fully saturated rings. The van der Waals surface area contributed by atoms with Crippen LogP contribution in [0, 0.1) is 0 Å². The molecule has 0 saturated carbocycles. The Labute approximate surface area is 98.9 Å². The zero-order valence-electron chi connectivity index (χ0n) is 7.59. The smallest absolute Gasteiger partial charge is 0.447 e. The molecule has 0 radical (unpaired) electrons. The van der Waals surface area contributed by atoms with Crippen LogP contribution >= 0.6 is 23.2 Å². The third kappa shape index (κ3) is 2.01. The van der Waals surface area contributed by atoms with Gasteiger partial charge in [0, 0.05) is 0 Å². The number of rotatable bonds is 1. The van der Waals surface area contributed by atoms with Crippen molar-refractivity contribution in [2.45, 2.75) is 17.3 Å². The Morgan fingerprint density at radius 3 is 2.56 bits per heavy atom. The van der Waals surface area contributed by atoms with E-state index in [-0.39, 0.29) is 11.5 Å². The Morgan fingerprint density at radius 1 is 1.25 bits per heavy atom. The quantitative estimate of drug-likeness (QED) is 0.724. The highest BCUT2D eigenvalue weighted by atomic mass is 35.5. The molecule has 1 atom stereocenters. The molecule has 0 amide bonds. The Balaban J connectivity index is 2.38. The van der Waals surface area contributed by atoms with E-state index in [9.17, 15) is 13.2 Å². The summed E-state index contributed by atoms with van der Waals surface area (Å²) in [7, 11) is 0. The zero-order valence-corrected chi connectivity index (χ0v) is 9.10. The number of halogens is 5. The minimum absolute atomic E-state index is 0.115. The lowest BCUT2D eigenvalue weighted by Crippen LogP contribution is -2.43. The van der Waals surface area contributed by atoms with E-state index in [0.717, 1.165) is 0 Å². The third-order valence-corrected chi connectivity index (χ3v) is 2.46. The molecule has 88 valence electrons. The molecular formula is C9H5Cl2F3O2. The lowest BCUT2D eigenvalue weighted by molar-refractivity contribution is -0.281. The van der Waals surface area contributed by atoms with Crippen LogP contribution in [-0.2, 0) is 0 Å². The fraction of sp³-hybridized carbons (Fsp3) is 0.333. The molecule has 1 heterocycles. The molecule has 0 saturated heterocycles. The largest absolute Gasteiger partial charge is 0.468 e. The maximum atomic E-state index is 12.8. The summed E-state index contributed by atoms with van der Waals surface area (Å²) in [6.07, 6.45) is -6.84. The first-order valence-electron chi connectivity index (χ1n) is 4.20. The van der Waals surface area contributed by atoms with Crippen LogP contribution in [0.25, 0.3) is 0 Å². The van der Waals surface area contributed by atoms with Crippen molar-refractivity contribution in [1.82, 2.24) is 0 Å². The Hall–Kier alpha value is -0.810. The summed E-state index contributed by atoms with van der Waals surface area (Å²) >= 11 is 11.1. The number of fused-ring (bicyclic) bond motifs is 1. The Morgan fingerprint density at radius 2 is 1.94 bits per heavy atom. The van der Waals surface area contributed by atoms with Gasteiger partial charge in [-0.2, -0.15) is 13.2 Å². The first-order valence-corrected chi connectivity index (χ1v) is 5.07. The van der Waals surface area contributed by atoms with Gasteiger partial charge < -0.3 is 9.47 Å². The average molecular weight is 273 g/mol. The molecule has 1 aliphatic rings. The summed E-state index contributed by atoms with van der Waals surface area (Å²) in [4.78, 5) is -0.884. The number of benzene rings is 1. The normalized spacial score (nSPS) is 22.2. The molecule has 2 nitrogen and oxygen atoms in total. The van der Waals surface area contributed by atoms with Gasteiger partial charge in [-0.25, -0.2) is 0 Å². The Bertz CT molecular complexity index is 412. The van der Waals surface area contributed by atoms with Crippen LogP contribution in [-0.4, -0.2) is 12.5 Å². The summed E-state index contributed by atoms with van der Waals surface area (Å²) in [6.45, 7) is 0. The molecule has 16 heavy (non-hydrogen) atoms. The van der Waals surface area contributed by atoms with Crippen molar-refractivity contribution in [3.05, 3.63) is 23.8 Å². The van der Waals surface area contributed by atoms with E-state index in [2.05, 4.69) is 9.47 Å². The minimum atomic E-state index is -4.01. The minimum Gasteiger partial charge on any atom is -0.447 e. The lowest BCUT2D eigenvalue weighted by atomic mass is 10.2. The number of ether oxygens (including phenoxy) is 2. The summed E-state index contributed by atoms with van der Waals surface area (Å²) in [5.41, 5.74) is 0.360. The van der Waals surface area contributed by atoms with E-state index in [1.54, 1.807) is 0 Å². The van der Waals surface area contributed by atoms with Crippen molar-refractivity contribution in [3.63, 3.8) is 0 Å². The molecule has 0 spiro atoms. The van der Waals surface area contributed by atoms with Crippen molar-refractivity contribution < 1.29 is 22.6 Å². The maximum absolute atomic E-state index is 12.8. The van der Waals surface area contributed by atoms with Crippen LogP contribution in [0.15, 0.2) is 18.2 Å². The molecule has 0 N–H and O–H groups in total. The highest BCUT2D eigenvalue weighted by Crippen LogP contribution is 2.42. The number of hydrogen-bond acceptors (Lipinski definition) is 2. The third-order valence-electron chi connectivity index (χ3n) is 1.96. The maximum Gasteiger partial charge on any atom is 0.468 e. The molecule has 2 rings (SSSR count). The first kappa shape index (κ1) is 11.7. The van der Waals surface area contributed by atoms with Gasteiger partial charge in [0.2, 0.25) is 0 Å². The van der Waals surface area contributed by atoms with Crippen LogP contribution in [0.1, 0.15) is 10.4 Å². The first-order chi connectivity index (χ1) is 7.40. The number of hydrogen-bond donors (Lipinski definition) is 0. The monoisotopic (exact) mass is 272 g/mol. The van der Waals surface area contributed by atoms with Gasteiger partial charge in [0.1, 0.15) is 4.84 Å². The van der Waals surface area contributed by atoms with E-state index in [1.807, 2.05) is 0 Å². The van der Waals surface area contributed by atoms with Gasteiger partial charge in [0.15, 0.2) is 11.5 Å². The van der Waals surface area contributed by atoms with Gasteiger partial charge in [-0.1, -0.05) is 6.07 Å². The summed E-state index contributed by atoms with van der Waals surface area (Å²) in [5, 5.41) is 0. The second-order valence-electron chi connectivity index (χ2n) is 3.10. The SMILES string of the molecule is F[C@H]1Oc2ccc(C(Cl)Cl)cc2OC1(F)F. The molecule has 1 aromatic rings. The molecular weight excluding hydrogens is 268 g/mol. The Kier molecular flexibility index (Phi) is 2.84. The molecule has 1 aromatic carbocycles. The molecule has 1 aliphatic heterocycles. The highest BCUT2D eigenvalue weighted by Gasteiger charge is 2.49. The van der Waals surface area contributed by atoms with Crippen LogP contribution < -0.4 is 9.47 Å². The van der Waals surface area contributed by atoms with Gasteiger partial charge in [0.25, 0.3) is 0 Å². The fourth-order valence-electron chi connectivity index (χ4n) is 1.21. The average Bonchev–Trinajstić information content (AvgIpc) is 2.18. The van der Waals surface area contributed by atoms with Gasteiger partial charge in [-0.15, -0.1) is 23.2 Å². The second-order valence-corrected chi connectivity index (χ2v) is 4.20. The van der Waals surface area contributed by atoms with Crippen molar-refractivity contribution in [2.75, 3.05) is 0 Å². The van der Waals surface area contributed by atoms with Crippen molar-refractivity contribution >= 4 is 23.2 Å². The molecule has 0 unspecified atom stereocenters. The lowest BCUT2D eigenvalue weighted by Gasteiger charge is -2.28. The van der Waals surface area contributed by atoms with Gasteiger partial charge in [0.05, 0.1) is 0 Å². The summed E-state index contributed by atoms with van der Waals surface area (Å²) in [6, 6.07) is 3.88. The van der Waals surface area contributed by atoms with Gasteiger partial charge >= 0.3 is 12.5 Å². The van der Waals surface area contributed by atoms with Crippen LogP contribution in [0.5, 0.6) is 11.5 Å². The van der Waals surface area contributed by atoms with E-state index in [4.69, 9.17) is 23.2 Å². The van der Waals surface area contributed by atoms with Crippen LogP contribution in [0.3, 0.4) is 0 Å². The number of alkyl halides is 5. The van der Waals surface area contributed by atoms with Gasteiger partial charge in [-0.05, 0) is 17.7 Å². The molecule has 7 heteroatoms. The topological polar surface area (TPSA) is 18.5 Å². The van der Waals surface area contributed by atoms with E-state index >= 15 is 0 Å². The molecule has 0 aromatic heterocycles. The van der Waals surface area contributed by atoms with Gasteiger partial charge in [-0.3, -0.25) is 0 Å². The second kappa shape index (κ2) is 3.89. The predicted octanol–water partition coefficient (Wildman–Crippen LogP) is 3.82. The van der Waals surface area contributed by atoms with Crippen molar-refractivity contribution in [3.8, 4) is 11.5 Å². The summed E-state index contributed by atoms with van der Waals surface area (Å²) < 4.78 is 46.9. The van der Waals surface area contributed by atoms with Crippen LogP contribution in [0.4, 0.5) is 13.2 Å². The van der Waals surface area contributed by atoms with Crippen LogP contribution in [0.2, 0.25) is 0 Å². The molecule has 0 bridgehead atoms. The predicted molar refractivity (Wildman–Crippen MR) is 52.0 cm³/mol. The summed E-state index contributed by atoms with van der Waals surface area (Å²) in [5.74, 6) is -0.404. The highest BCUT2D eigenvalue weighted by molar-refractivity contribution is 6.44. The molecule has 0 aliphatic carbocycles. The van der Waals surface area contributed by atoms with E-state index < -0.39 is 17.3 Å². The van der Waals surface area contributed by atoms with Crippen molar-refractivity contribution in [2.24, 2.45) is 0 Å². The van der Waals surface area contributed by atoms with E-state index in [1.165, 1.54) is 18.2 Å².